The normalized spacial score (nSPS) is 13.8. The summed E-state index contributed by atoms with van der Waals surface area (Å²) in [7, 11) is 0. The van der Waals surface area contributed by atoms with Gasteiger partial charge in [-0.1, -0.05) is 68.4 Å². The van der Waals surface area contributed by atoms with E-state index < -0.39 is 0 Å². The van der Waals surface area contributed by atoms with Gasteiger partial charge in [-0.3, -0.25) is 4.79 Å². The molecule has 0 spiro atoms. The number of hydrogen-bond donors (Lipinski definition) is 0. The van der Waals surface area contributed by atoms with Gasteiger partial charge in [-0.05, 0) is 35.2 Å². The first-order valence-electron chi connectivity index (χ1n) is 9.72. The number of hydrogen-bond acceptors (Lipinski definition) is 5. The summed E-state index contributed by atoms with van der Waals surface area (Å²) in [6.45, 7) is 7.18. The van der Waals surface area contributed by atoms with Gasteiger partial charge in [0.1, 0.15) is 12.4 Å². The molecular formula is C22H23ClN4O2S. The van der Waals surface area contributed by atoms with Crippen LogP contribution in [0.3, 0.4) is 0 Å². The molecule has 1 aromatic heterocycles. The average molecular weight is 443 g/mol. The monoisotopic (exact) mass is 442 g/mol. The molecule has 0 atom stereocenters. The largest absolute Gasteiger partial charge is 0.484 e. The van der Waals surface area contributed by atoms with E-state index in [9.17, 15) is 4.79 Å². The molecule has 0 N–H and O–H groups in total. The number of nitrogens with zero attached hydrogens (tertiary/aromatic N) is 4. The highest BCUT2D eigenvalue weighted by Gasteiger charge is 2.28. The van der Waals surface area contributed by atoms with Gasteiger partial charge in [-0.15, -0.1) is 10.2 Å². The van der Waals surface area contributed by atoms with Crippen LogP contribution in [0.1, 0.15) is 42.5 Å². The van der Waals surface area contributed by atoms with Gasteiger partial charge in [-0.2, -0.15) is 0 Å². The molecule has 0 unspecified atom stereocenters. The van der Waals surface area contributed by atoms with Crippen LogP contribution in [-0.2, 0) is 12.0 Å². The van der Waals surface area contributed by atoms with E-state index in [1.54, 1.807) is 33.6 Å². The molecule has 2 heterocycles. The number of ether oxygens (including phenoxy) is 1. The highest BCUT2D eigenvalue weighted by atomic mass is 35.5. The summed E-state index contributed by atoms with van der Waals surface area (Å²) < 4.78 is 7.59. The topological polar surface area (TPSA) is 60.3 Å². The van der Waals surface area contributed by atoms with Gasteiger partial charge in [0.05, 0.1) is 11.6 Å². The minimum Gasteiger partial charge on any atom is -0.484 e. The first kappa shape index (κ1) is 20.8. The number of para-hydroxylation sites is 1. The number of carbonyl (C=O) groups excluding carboxylic acids is 1. The molecule has 0 saturated carbocycles. The van der Waals surface area contributed by atoms with Gasteiger partial charge in [0.25, 0.3) is 5.91 Å². The molecule has 0 bridgehead atoms. The van der Waals surface area contributed by atoms with Crippen LogP contribution >= 0.6 is 23.4 Å². The Morgan fingerprint density at radius 3 is 2.57 bits per heavy atom. The predicted octanol–water partition coefficient (Wildman–Crippen LogP) is 4.69. The van der Waals surface area contributed by atoms with Gasteiger partial charge in [0.2, 0.25) is 5.16 Å². The van der Waals surface area contributed by atoms with Crippen molar-refractivity contribution < 1.29 is 9.53 Å². The fourth-order valence-electron chi connectivity index (χ4n) is 3.20. The molecule has 156 valence electrons. The third kappa shape index (κ3) is 4.18. The SMILES string of the molecule is CC(C)(C)c1ccc(C(=O)N2CCSc3nnc(COc4ccccc4Cl)n32)cc1. The lowest BCUT2D eigenvalue weighted by Crippen LogP contribution is -2.45. The van der Waals surface area contributed by atoms with Gasteiger partial charge in [0, 0.05) is 11.3 Å². The molecule has 0 fully saturated rings. The maximum absolute atomic E-state index is 13.3. The zero-order chi connectivity index (χ0) is 21.3. The predicted molar refractivity (Wildman–Crippen MR) is 119 cm³/mol. The van der Waals surface area contributed by atoms with Crippen molar-refractivity contribution in [1.29, 1.82) is 0 Å². The van der Waals surface area contributed by atoms with Crippen molar-refractivity contribution in [3.05, 3.63) is 70.5 Å². The molecule has 1 aliphatic rings. The van der Waals surface area contributed by atoms with Crippen molar-refractivity contribution in [2.45, 2.75) is 37.9 Å². The minimum absolute atomic E-state index is 0.0357. The van der Waals surface area contributed by atoms with Crippen molar-refractivity contribution in [2.75, 3.05) is 17.3 Å². The quantitative estimate of drug-likeness (QED) is 0.586. The third-order valence-corrected chi connectivity index (χ3v) is 6.09. The van der Waals surface area contributed by atoms with Gasteiger partial charge in [0.15, 0.2) is 5.82 Å². The number of amides is 1. The molecule has 4 rings (SSSR count). The zero-order valence-electron chi connectivity index (χ0n) is 17.1. The second kappa shape index (κ2) is 8.32. The summed E-state index contributed by atoms with van der Waals surface area (Å²) in [5.74, 6) is 1.79. The summed E-state index contributed by atoms with van der Waals surface area (Å²) in [4.78, 5) is 13.3. The molecule has 1 aliphatic heterocycles. The van der Waals surface area contributed by atoms with E-state index in [2.05, 4.69) is 31.0 Å². The maximum atomic E-state index is 13.3. The number of aromatic nitrogens is 3. The zero-order valence-corrected chi connectivity index (χ0v) is 18.7. The molecule has 30 heavy (non-hydrogen) atoms. The highest BCUT2D eigenvalue weighted by molar-refractivity contribution is 7.99. The lowest BCUT2D eigenvalue weighted by Gasteiger charge is -2.29. The number of benzene rings is 2. The molecule has 1 amide bonds. The fraction of sp³-hybridized carbons (Fsp3) is 0.318. The van der Waals surface area contributed by atoms with E-state index in [1.165, 1.54) is 5.56 Å². The van der Waals surface area contributed by atoms with Gasteiger partial charge >= 0.3 is 0 Å². The Balaban J connectivity index is 1.58. The van der Waals surface area contributed by atoms with Crippen LogP contribution in [0.4, 0.5) is 0 Å². The Labute approximate surface area is 185 Å². The number of fused-ring (bicyclic) bond motifs is 1. The average Bonchev–Trinajstić information content (AvgIpc) is 3.15. The molecule has 6 nitrogen and oxygen atoms in total. The van der Waals surface area contributed by atoms with E-state index in [-0.39, 0.29) is 17.9 Å². The van der Waals surface area contributed by atoms with Crippen molar-refractivity contribution in [3.63, 3.8) is 0 Å². The maximum Gasteiger partial charge on any atom is 0.272 e. The molecule has 0 aliphatic carbocycles. The number of rotatable bonds is 4. The van der Waals surface area contributed by atoms with Crippen LogP contribution in [-0.4, -0.2) is 33.1 Å². The Hall–Kier alpha value is -2.51. The molecule has 2 aromatic carbocycles. The van der Waals surface area contributed by atoms with Gasteiger partial charge < -0.3 is 4.74 Å². The third-order valence-electron chi connectivity index (χ3n) is 4.88. The smallest absolute Gasteiger partial charge is 0.272 e. The van der Waals surface area contributed by atoms with Crippen molar-refractivity contribution in [1.82, 2.24) is 14.9 Å². The Morgan fingerprint density at radius 1 is 1.13 bits per heavy atom. The van der Waals surface area contributed by atoms with E-state index in [0.29, 0.717) is 33.9 Å². The van der Waals surface area contributed by atoms with E-state index >= 15 is 0 Å². The van der Waals surface area contributed by atoms with Crippen molar-refractivity contribution in [3.8, 4) is 5.75 Å². The molecule has 0 radical (unpaired) electrons. The van der Waals surface area contributed by atoms with E-state index in [4.69, 9.17) is 16.3 Å². The Morgan fingerprint density at radius 2 is 1.87 bits per heavy atom. The summed E-state index contributed by atoms with van der Waals surface area (Å²) in [6.07, 6.45) is 0. The van der Waals surface area contributed by atoms with Crippen LogP contribution in [0.2, 0.25) is 5.02 Å². The molecular weight excluding hydrogens is 420 g/mol. The van der Waals surface area contributed by atoms with Crippen LogP contribution in [0, 0.1) is 0 Å². The number of carbonyl (C=O) groups is 1. The molecule has 3 aromatic rings. The Bertz CT molecular complexity index is 1060. The summed E-state index contributed by atoms with van der Waals surface area (Å²) >= 11 is 7.75. The minimum atomic E-state index is -0.0872. The molecule has 8 heteroatoms. The first-order valence-corrected chi connectivity index (χ1v) is 11.1. The van der Waals surface area contributed by atoms with Crippen molar-refractivity contribution >= 4 is 29.3 Å². The second-order valence-corrected chi connectivity index (χ2v) is 9.50. The lowest BCUT2D eigenvalue weighted by molar-refractivity contribution is 0.0952. The van der Waals surface area contributed by atoms with Crippen LogP contribution in [0.15, 0.2) is 53.7 Å². The van der Waals surface area contributed by atoms with Crippen molar-refractivity contribution in [2.24, 2.45) is 0 Å². The van der Waals surface area contributed by atoms with Crippen LogP contribution in [0.5, 0.6) is 5.75 Å². The summed E-state index contributed by atoms with van der Waals surface area (Å²) in [5, 5.41) is 11.4. The lowest BCUT2D eigenvalue weighted by atomic mass is 9.86. The van der Waals surface area contributed by atoms with E-state index in [0.717, 1.165) is 5.75 Å². The summed E-state index contributed by atoms with van der Waals surface area (Å²) in [6, 6.07) is 15.1. The summed E-state index contributed by atoms with van der Waals surface area (Å²) in [5.41, 5.74) is 1.85. The number of thioether (sulfide) groups is 1. The second-order valence-electron chi connectivity index (χ2n) is 8.03. The van der Waals surface area contributed by atoms with Crippen LogP contribution in [0.25, 0.3) is 0 Å². The standard InChI is InChI=1S/C22H23ClN4O2S/c1-22(2,3)16-10-8-15(9-11-16)20(28)26-12-13-30-21-25-24-19(27(21)26)14-29-18-7-5-4-6-17(18)23/h4-11H,12-14H2,1-3H3. The van der Waals surface area contributed by atoms with Gasteiger partial charge in [-0.25, -0.2) is 9.69 Å². The van der Waals surface area contributed by atoms with Crippen LogP contribution < -0.4 is 9.75 Å². The first-order chi connectivity index (χ1) is 14.3. The highest BCUT2D eigenvalue weighted by Crippen LogP contribution is 2.27. The van der Waals surface area contributed by atoms with E-state index in [1.807, 2.05) is 36.4 Å². The number of halogens is 1. The Kier molecular flexibility index (Phi) is 5.75. The fourth-order valence-corrected chi connectivity index (χ4v) is 4.26. The molecule has 0 saturated heterocycles.